The van der Waals surface area contributed by atoms with Gasteiger partial charge in [-0.1, -0.05) is 25.4 Å². The van der Waals surface area contributed by atoms with Crippen LogP contribution >= 0.6 is 11.6 Å². The highest BCUT2D eigenvalue weighted by molar-refractivity contribution is 6.32. The number of aromatic hydroxyl groups is 1. The number of phenolic OH excluding ortho intramolecular Hbond substituents is 1. The number of aromatic nitrogens is 3. The molecule has 2 aromatic heterocycles. The summed E-state index contributed by atoms with van der Waals surface area (Å²) in [5.41, 5.74) is 5.86. The Morgan fingerprint density at radius 2 is 2.05 bits per heavy atom. The summed E-state index contributed by atoms with van der Waals surface area (Å²) in [6.07, 6.45) is 1.71. The summed E-state index contributed by atoms with van der Waals surface area (Å²) in [6, 6.07) is 2.36. The number of nitrogens with two attached hydrogens (primary N) is 1. The molecule has 6 rings (SSSR count). The standard InChI is InChI=1S/C30H35ClF2N6O4/c1-4-30(10-17(32)11-38(30)5-2)14-43-29-36-26-23-27(37-29)39(12-21(34)41)15(3)13-42-28(23)35-25(24(26)33)19-8-18(40)9-20(31)22(19)16-6-7-16/h8-9,15-17,40H,4-7,10-14H2,1-3H3,(H2,34,41)/t15-,17?,30-/m0/s1. The summed E-state index contributed by atoms with van der Waals surface area (Å²) < 4.78 is 43.5. The summed E-state index contributed by atoms with van der Waals surface area (Å²) in [5, 5.41) is 10.9. The van der Waals surface area contributed by atoms with Crippen molar-refractivity contribution in [3.05, 3.63) is 28.5 Å². The summed E-state index contributed by atoms with van der Waals surface area (Å²) in [7, 11) is 0. The predicted molar refractivity (Wildman–Crippen MR) is 158 cm³/mol. The van der Waals surface area contributed by atoms with Gasteiger partial charge in [-0.05, 0) is 56.3 Å². The molecule has 43 heavy (non-hydrogen) atoms. The molecular weight excluding hydrogens is 582 g/mol. The minimum absolute atomic E-state index is 0.0752. The second-order valence-corrected chi connectivity index (χ2v) is 12.2. The predicted octanol–water partition coefficient (Wildman–Crippen LogP) is 4.73. The van der Waals surface area contributed by atoms with Crippen LogP contribution in [0.4, 0.5) is 14.6 Å². The van der Waals surface area contributed by atoms with Crippen LogP contribution in [0.2, 0.25) is 5.02 Å². The van der Waals surface area contributed by atoms with E-state index in [0.717, 1.165) is 12.8 Å². The lowest BCUT2D eigenvalue weighted by Crippen LogP contribution is -2.48. The zero-order valence-corrected chi connectivity index (χ0v) is 25.1. The van der Waals surface area contributed by atoms with Crippen LogP contribution in [-0.2, 0) is 4.79 Å². The maximum absolute atomic E-state index is 16.7. The minimum Gasteiger partial charge on any atom is -0.508 e. The van der Waals surface area contributed by atoms with E-state index in [0.29, 0.717) is 42.1 Å². The van der Waals surface area contributed by atoms with Crippen LogP contribution in [0.25, 0.3) is 22.2 Å². The number of benzene rings is 1. The van der Waals surface area contributed by atoms with Crippen LogP contribution in [0.5, 0.6) is 17.6 Å². The molecule has 230 valence electrons. The number of likely N-dealkylation sites (N-methyl/N-ethyl adjacent to an activating group) is 1. The van der Waals surface area contributed by atoms with Crippen molar-refractivity contribution in [3.63, 3.8) is 0 Å². The number of likely N-dealkylation sites (tertiary alicyclic amines) is 1. The van der Waals surface area contributed by atoms with Gasteiger partial charge in [0.2, 0.25) is 11.8 Å². The zero-order chi connectivity index (χ0) is 30.6. The lowest BCUT2D eigenvalue weighted by Gasteiger charge is -2.36. The maximum Gasteiger partial charge on any atom is 0.319 e. The molecule has 0 radical (unpaired) electrons. The number of hydrogen-bond acceptors (Lipinski definition) is 9. The largest absolute Gasteiger partial charge is 0.508 e. The average Bonchev–Trinajstić information content (AvgIpc) is 3.76. The topological polar surface area (TPSA) is 127 Å². The highest BCUT2D eigenvalue weighted by Crippen LogP contribution is 2.50. The van der Waals surface area contributed by atoms with Gasteiger partial charge in [-0.15, -0.1) is 0 Å². The second-order valence-electron chi connectivity index (χ2n) is 11.8. The fourth-order valence-corrected chi connectivity index (χ4v) is 6.83. The smallest absolute Gasteiger partial charge is 0.319 e. The molecule has 1 aromatic carbocycles. The third-order valence-electron chi connectivity index (χ3n) is 8.86. The molecule has 3 aliphatic rings. The van der Waals surface area contributed by atoms with Crippen molar-refractivity contribution >= 4 is 34.2 Å². The van der Waals surface area contributed by atoms with Crippen molar-refractivity contribution in [3.8, 4) is 28.9 Å². The molecule has 1 amide bonds. The Balaban J connectivity index is 1.54. The normalized spacial score (nSPS) is 23.8. The van der Waals surface area contributed by atoms with Gasteiger partial charge in [0.1, 0.15) is 47.5 Å². The lowest BCUT2D eigenvalue weighted by molar-refractivity contribution is -0.116. The first-order chi connectivity index (χ1) is 20.5. The van der Waals surface area contributed by atoms with Crippen LogP contribution in [0.3, 0.4) is 0 Å². The Kier molecular flexibility index (Phi) is 7.70. The fourth-order valence-electron chi connectivity index (χ4n) is 6.46. The number of halogens is 3. The van der Waals surface area contributed by atoms with Crippen molar-refractivity contribution in [1.29, 1.82) is 0 Å². The van der Waals surface area contributed by atoms with E-state index in [1.165, 1.54) is 12.1 Å². The molecule has 10 nitrogen and oxygen atoms in total. The molecule has 0 spiro atoms. The molecular formula is C30H35ClF2N6O4. The Hall–Kier alpha value is -3.51. The van der Waals surface area contributed by atoms with Gasteiger partial charge in [-0.2, -0.15) is 9.97 Å². The molecule has 3 atom stereocenters. The molecule has 3 N–H and O–H groups in total. The molecule has 4 heterocycles. The number of pyridine rings is 1. The molecule has 2 aliphatic heterocycles. The number of carbonyl (C=O) groups is 1. The van der Waals surface area contributed by atoms with E-state index >= 15 is 4.39 Å². The van der Waals surface area contributed by atoms with Crippen molar-refractivity contribution in [2.24, 2.45) is 5.73 Å². The van der Waals surface area contributed by atoms with Gasteiger partial charge in [0.05, 0.1) is 18.1 Å². The molecule has 2 fully saturated rings. The summed E-state index contributed by atoms with van der Waals surface area (Å²) in [5.74, 6) is -1.13. The number of phenols is 1. The van der Waals surface area contributed by atoms with Crippen LogP contribution in [0.1, 0.15) is 57.9 Å². The third kappa shape index (κ3) is 5.28. The molecule has 1 saturated carbocycles. The summed E-state index contributed by atoms with van der Waals surface area (Å²) in [4.78, 5) is 29.5. The number of ether oxygens (including phenoxy) is 2. The van der Waals surface area contributed by atoms with Gasteiger partial charge >= 0.3 is 6.01 Å². The highest BCUT2D eigenvalue weighted by Gasteiger charge is 2.45. The quantitative estimate of drug-likeness (QED) is 0.351. The SMILES string of the molecule is CCN1CC(F)C[C@@]1(CC)COc1nc2c3c(nc(-c4cc(O)cc(Cl)c4C4CC4)c(F)c3n1)OC[C@H](C)N2CC(N)=O. The van der Waals surface area contributed by atoms with E-state index in [2.05, 4.69) is 19.9 Å². The Morgan fingerprint density at radius 3 is 2.72 bits per heavy atom. The van der Waals surface area contributed by atoms with E-state index in [1.54, 1.807) is 4.90 Å². The first-order valence-electron chi connectivity index (χ1n) is 14.7. The van der Waals surface area contributed by atoms with Crippen LogP contribution in [0, 0.1) is 5.82 Å². The first-order valence-corrected chi connectivity index (χ1v) is 15.1. The maximum atomic E-state index is 16.7. The molecule has 1 saturated heterocycles. The van der Waals surface area contributed by atoms with Gasteiger partial charge in [-0.25, -0.2) is 13.8 Å². The Bertz CT molecular complexity index is 1590. The highest BCUT2D eigenvalue weighted by atomic mass is 35.5. The van der Waals surface area contributed by atoms with Crippen LogP contribution in [0.15, 0.2) is 12.1 Å². The van der Waals surface area contributed by atoms with E-state index in [1.807, 2.05) is 20.8 Å². The van der Waals surface area contributed by atoms with Gasteiger partial charge in [0, 0.05) is 23.6 Å². The number of nitrogens with zero attached hydrogens (tertiary/aromatic N) is 5. The van der Waals surface area contributed by atoms with E-state index < -0.39 is 29.5 Å². The molecule has 1 aliphatic carbocycles. The number of alkyl halides is 1. The van der Waals surface area contributed by atoms with Crippen molar-refractivity contribution < 1.29 is 28.2 Å². The number of rotatable bonds is 9. The Morgan fingerprint density at radius 1 is 1.28 bits per heavy atom. The van der Waals surface area contributed by atoms with Gasteiger partial charge in [0.25, 0.3) is 0 Å². The third-order valence-corrected chi connectivity index (χ3v) is 9.17. The number of hydrogen-bond donors (Lipinski definition) is 2. The molecule has 13 heteroatoms. The fraction of sp³-hybridized carbons (Fsp3) is 0.533. The van der Waals surface area contributed by atoms with Crippen molar-refractivity contribution in [2.75, 3.05) is 37.7 Å². The molecule has 1 unspecified atom stereocenters. The Labute approximate surface area is 253 Å². The van der Waals surface area contributed by atoms with Crippen LogP contribution < -0.4 is 20.1 Å². The lowest BCUT2D eigenvalue weighted by atomic mass is 9.93. The van der Waals surface area contributed by atoms with Crippen molar-refractivity contribution in [2.45, 2.75) is 70.1 Å². The summed E-state index contributed by atoms with van der Waals surface area (Å²) in [6.45, 7) is 6.71. The number of primary amides is 1. The minimum atomic E-state index is -0.988. The van der Waals surface area contributed by atoms with Gasteiger partial charge < -0.3 is 25.2 Å². The van der Waals surface area contributed by atoms with E-state index in [-0.39, 0.29) is 65.7 Å². The van der Waals surface area contributed by atoms with Gasteiger partial charge in [0.15, 0.2) is 5.82 Å². The number of amides is 1. The van der Waals surface area contributed by atoms with E-state index in [9.17, 15) is 14.3 Å². The monoisotopic (exact) mass is 616 g/mol. The van der Waals surface area contributed by atoms with Gasteiger partial charge in [-0.3, -0.25) is 9.69 Å². The average molecular weight is 617 g/mol. The first kappa shape index (κ1) is 29.6. The van der Waals surface area contributed by atoms with Crippen LogP contribution in [-0.4, -0.2) is 81.5 Å². The number of carbonyl (C=O) groups excluding carboxylic acids is 1. The molecule has 0 bridgehead atoms. The van der Waals surface area contributed by atoms with Crippen molar-refractivity contribution in [1.82, 2.24) is 19.9 Å². The zero-order valence-electron chi connectivity index (χ0n) is 24.4. The number of anilines is 1. The second kappa shape index (κ2) is 11.2. The molecule has 3 aromatic rings. The summed E-state index contributed by atoms with van der Waals surface area (Å²) >= 11 is 6.53. The van der Waals surface area contributed by atoms with E-state index in [4.69, 9.17) is 26.8 Å².